The normalized spacial score (nSPS) is 15.9. The third-order valence-electron chi connectivity index (χ3n) is 5.29. The molecule has 2 aromatic rings. The molecule has 158 valence electrons. The molecule has 0 aliphatic carbocycles. The van der Waals surface area contributed by atoms with Crippen LogP contribution in [0.15, 0.2) is 48.5 Å². The summed E-state index contributed by atoms with van der Waals surface area (Å²) in [6.07, 6.45) is 0.203. The van der Waals surface area contributed by atoms with Crippen LogP contribution in [0.2, 0.25) is 5.02 Å². The van der Waals surface area contributed by atoms with Crippen LogP contribution in [0, 0.1) is 5.92 Å². The van der Waals surface area contributed by atoms with E-state index < -0.39 is 0 Å². The Morgan fingerprint density at radius 1 is 1.07 bits per heavy atom. The average molecular weight is 428 g/mol. The van der Waals surface area contributed by atoms with E-state index in [0.29, 0.717) is 30.2 Å². The maximum Gasteiger partial charge on any atom is 0.253 e. The Hall–Kier alpha value is -2.86. The lowest BCUT2D eigenvalue weighted by Crippen LogP contribution is -2.37. The molecule has 0 bridgehead atoms. The lowest BCUT2D eigenvalue weighted by atomic mass is 10.1. The Morgan fingerprint density at radius 2 is 1.70 bits per heavy atom. The van der Waals surface area contributed by atoms with Crippen LogP contribution in [0.1, 0.15) is 29.3 Å². The van der Waals surface area contributed by atoms with Gasteiger partial charge in [0.25, 0.3) is 5.91 Å². The maximum atomic E-state index is 13.1. The Morgan fingerprint density at radius 3 is 2.27 bits per heavy atom. The molecule has 3 rings (SSSR count). The first-order chi connectivity index (χ1) is 14.3. The van der Waals surface area contributed by atoms with Crippen molar-refractivity contribution in [3.05, 3.63) is 64.7 Å². The van der Waals surface area contributed by atoms with E-state index in [9.17, 15) is 14.4 Å². The van der Waals surface area contributed by atoms with Gasteiger partial charge in [-0.1, -0.05) is 23.7 Å². The Kier molecular flexibility index (Phi) is 6.77. The predicted molar refractivity (Wildman–Crippen MR) is 117 cm³/mol. The summed E-state index contributed by atoms with van der Waals surface area (Å²) in [6.45, 7) is 3.28. The molecular weight excluding hydrogens is 402 g/mol. The van der Waals surface area contributed by atoms with Crippen molar-refractivity contribution in [1.82, 2.24) is 9.80 Å². The van der Waals surface area contributed by atoms with E-state index in [-0.39, 0.29) is 30.1 Å². The number of rotatable bonds is 6. The van der Waals surface area contributed by atoms with Gasteiger partial charge in [0.1, 0.15) is 0 Å². The van der Waals surface area contributed by atoms with Gasteiger partial charge in [-0.15, -0.1) is 0 Å². The summed E-state index contributed by atoms with van der Waals surface area (Å²) < 4.78 is 0. The van der Waals surface area contributed by atoms with Gasteiger partial charge < -0.3 is 14.7 Å². The van der Waals surface area contributed by atoms with Crippen LogP contribution >= 0.6 is 11.6 Å². The van der Waals surface area contributed by atoms with E-state index in [1.54, 1.807) is 60.3 Å². The molecule has 0 saturated carbocycles. The van der Waals surface area contributed by atoms with Crippen molar-refractivity contribution in [2.24, 2.45) is 5.92 Å². The highest BCUT2D eigenvalue weighted by Gasteiger charge is 2.36. The number of amides is 3. The summed E-state index contributed by atoms with van der Waals surface area (Å²) in [5.74, 6) is -0.520. The number of anilines is 1. The van der Waals surface area contributed by atoms with Gasteiger partial charge in [-0.2, -0.15) is 0 Å². The highest BCUT2D eigenvalue weighted by atomic mass is 35.5. The number of nitrogens with zero attached hydrogens (tertiary/aromatic N) is 3. The fourth-order valence-corrected chi connectivity index (χ4v) is 3.70. The molecule has 1 saturated heterocycles. The minimum atomic E-state index is -0.372. The van der Waals surface area contributed by atoms with Crippen molar-refractivity contribution in [1.29, 1.82) is 0 Å². The van der Waals surface area contributed by atoms with Crippen LogP contribution in [0.25, 0.3) is 0 Å². The molecule has 1 atom stereocenters. The second kappa shape index (κ2) is 9.30. The lowest BCUT2D eigenvalue weighted by Gasteiger charge is -2.24. The van der Waals surface area contributed by atoms with Crippen LogP contribution in [0.5, 0.6) is 0 Å². The van der Waals surface area contributed by atoms with Crippen molar-refractivity contribution in [2.45, 2.75) is 19.9 Å². The molecule has 0 spiro atoms. The monoisotopic (exact) mass is 427 g/mol. The van der Waals surface area contributed by atoms with Gasteiger partial charge in [0.05, 0.1) is 5.92 Å². The predicted octanol–water partition coefficient (Wildman–Crippen LogP) is 3.44. The third-order valence-corrected chi connectivity index (χ3v) is 5.54. The Balaban J connectivity index is 1.67. The lowest BCUT2D eigenvalue weighted by molar-refractivity contribution is -0.136. The molecule has 6 nitrogen and oxygen atoms in total. The fraction of sp³-hybridized carbons (Fsp3) is 0.348. The molecule has 0 N–H and O–H groups in total. The number of hydrogen-bond acceptors (Lipinski definition) is 3. The molecule has 2 aromatic carbocycles. The summed E-state index contributed by atoms with van der Waals surface area (Å²) in [5.41, 5.74) is 2.31. The minimum absolute atomic E-state index is 0.0317. The second-order valence-electron chi connectivity index (χ2n) is 7.63. The van der Waals surface area contributed by atoms with Gasteiger partial charge in [0, 0.05) is 56.4 Å². The molecule has 0 radical (unpaired) electrons. The van der Waals surface area contributed by atoms with Crippen molar-refractivity contribution >= 4 is 35.0 Å². The third kappa shape index (κ3) is 4.82. The van der Waals surface area contributed by atoms with Crippen molar-refractivity contribution in [2.75, 3.05) is 32.1 Å². The topological polar surface area (TPSA) is 60.9 Å². The summed E-state index contributed by atoms with van der Waals surface area (Å²) >= 11 is 5.93. The largest absolute Gasteiger partial charge is 0.345 e. The molecule has 0 aromatic heterocycles. The number of carbonyl (C=O) groups excluding carboxylic acids is 3. The number of benzene rings is 2. The van der Waals surface area contributed by atoms with Crippen LogP contribution in [-0.4, -0.2) is 54.7 Å². The Labute approximate surface area is 182 Å². The van der Waals surface area contributed by atoms with Gasteiger partial charge in [-0.25, -0.2) is 0 Å². The van der Waals surface area contributed by atoms with Crippen molar-refractivity contribution in [3.8, 4) is 0 Å². The zero-order chi connectivity index (χ0) is 21.8. The summed E-state index contributed by atoms with van der Waals surface area (Å²) in [7, 11) is 3.42. The quantitative estimate of drug-likeness (QED) is 0.709. The number of hydrogen-bond donors (Lipinski definition) is 0. The van der Waals surface area contributed by atoms with E-state index in [1.807, 2.05) is 19.1 Å². The van der Waals surface area contributed by atoms with Crippen molar-refractivity contribution in [3.63, 3.8) is 0 Å². The van der Waals surface area contributed by atoms with Gasteiger partial charge in [0.2, 0.25) is 11.8 Å². The molecule has 1 heterocycles. The molecule has 3 amide bonds. The first-order valence-corrected chi connectivity index (χ1v) is 10.3. The number of halogens is 1. The SMILES string of the molecule is CCN(Cc1ccc(C(=O)N(C)C)cc1)C(=O)C1CC(=O)N(c2ccc(Cl)cc2)C1. The Bertz CT molecular complexity index is 926. The van der Waals surface area contributed by atoms with E-state index in [1.165, 1.54) is 4.90 Å². The first kappa shape index (κ1) is 21.8. The molecule has 1 unspecified atom stereocenters. The first-order valence-electron chi connectivity index (χ1n) is 9.95. The summed E-state index contributed by atoms with van der Waals surface area (Å²) in [6, 6.07) is 14.3. The molecule has 1 aliphatic rings. The highest BCUT2D eigenvalue weighted by molar-refractivity contribution is 6.30. The highest BCUT2D eigenvalue weighted by Crippen LogP contribution is 2.27. The number of carbonyl (C=O) groups is 3. The molecule has 30 heavy (non-hydrogen) atoms. The van der Waals surface area contributed by atoms with Crippen LogP contribution in [-0.2, 0) is 16.1 Å². The minimum Gasteiger partial charge on any atom is -0.345 e. The molecular formula is C23H26ClN3O3. The van der Waals surface area contributed by atoms with Crippen LogP contribution < -0.4 is 4.90 Å². The van der Waals surface area contributed by atoms with Gasteiger partial charge in [-0.3, -0.25) is 14.4 Å². The smallest absolute Gasteiger partial charge is 0.253 e. The van der Waals surface area contributed by atoms with Gasteiger partial charge >= 0.3 is 0 Å². The van der Waals surface area contributed by atoms with Gasteiger partial charge in [0.15, 0.2) is 0 Å². The van der Waals surface area contributed by atoms with Crippen LogP contribution in [0.4, 0.5) is 5.69 Å². The molecule has 1 aliphatic heterocycles. The molecule has 7 heteroatoms. The average Bonchev–Trinajstić information content (AvgIpc) is 3.13. The second-order valence-corrected chi connectivity index (χ2v) is 8.07. The van der Waals surface area contributed by atoms with Crippen molar-refractivity contribution < 1.29 is 14.4 Å². The molecule has 1 fully saturated rings. The van der Waals surface area contributed by atoms with E-state index in [0.717, 1.165) is 11.3 Å². The summed E-state index contributed by atoms with van der Waals surface area (Å²) in [5, 5.41) is 0.605. The fourth-order valence-electron chi connectivity index (χ4n) is 3.58. The van der Waals surface area contributed by atoms with Gasteiger partial charge in [-0.05, 0) is 48.9 Å². The maximum absolute atomic E-state index is 13.1. The van der Waals surface area contributed by atoms with Crippen LogP contribution in [0.3, 0.4) is 0 Å². The zero-order valence-corrected chi connectivity index (χ0v) is 18.2. The zero-order valence-electron chi connectivity index (χ0n) is 17.5. The van der Waals surface area contributed by atoms with E-state index in [4.69, 9.17) is 11.6 Å². The van der Waals surface area contributed by atoms with E-state index >= 15 is 0 Å². The van der Waals surface area contributed by atoms with E-state index in [2.05, 4.69) is 0 Å². The summed E-state index contributed by atoms with van der Waals surface area (Å²) in [4.78, 5) is 42.5. The standard InChI is InChI=1S/C23H26ClN3O3/c1-4-26(14-16-5-7-17(8-6-16)22(29)25(2)3)23(30)18-13-21(28)27(15-18)20-11-9-19(24)10-12-20/h5-12,18H,4,13-15H2,1-3H3.